The third-order valence-corrected chi connectivity index (χ3v) is 5.24. The molecule has 2 fully saturated rings. The number of aromatic nitrogens is 2. The zero-order valence-corrected chi connectivity index (χ0v) is 15.6. The topological polar surface area (TPSA) is 83.3 Å². The Morgan fingerprint density at radius 3 is 3.04 bits per heavy atom. The third kappa shape index (κ3) is 5.21. The highest BCUT2D eigenvalue weighted by Crippen LogP contribution is 2.27. The Morgan fingerprint density at radius 1 is 1.30 bits per heavy atom. The van der Waals surface area contributed by atoms with E-state index in [1.807, 2.05) is 12.1 Å². The lowest BCUT2D eigenvalue weighted by Gasteiger charge is -2.33. The third-order valence-electron chi connectivity index (χ3n) is 5.24. The summed E-state index contributed by atoms with van der Waals surface area (Å²) in [7, 11) is 0. The molecule has 1 amide bonds. The highest BCUT2D eigenvalue weighted by molar-refractivity contribution is 5.75. The van der Waals surface area contributed by atoms with E-state index in [2.05, 4.69) is 31.6 Å². The molecular weight excluding hydrogens is 342 g/mol. The van der Waals surface area contributed by atoms with E-state index in [1.165, 1.54) is 19.3 Å². The number of amides is 1. The maximum Gasteiger partial charge on any atom is 0.220 e. The van der Waals surface area contributed by atoms with Crippen LogP contribution in [0.2, 0.25) is 0 Å². The highest BCUT2D eigenvalue weighted by atomic mass is 16.3. The molecule has 0 bridgehead atoms. The van der Waals surface area contributed by atoms with E-state index in [4.69, 9.17) is 4.42 Å². The van der Waals surface area contributed by atoms with Gasteiger partial charge in [0.05, 0.1) is 12.8 Å². The number of hydrogen-bond donors (Lipinski definition) is 2. The minimum absolute atomic E-state index is 0.0847. The summed E-state index contributed by atoms with van der Waals surface area (Å²) in [5.41, 5.74) is 0. The van der Waals surface area contributed by atoms with E-state index in [0.717, 1.165) is 43.3 Å². The predicted molar refractivity (Wildman–Crippen MR) is 103 cm³/mol. The molecule has 1 saturated heterocycles. The van der Waals surface area contributed by atoms with Crippen LogP contribution in [0.3, 0.4) is 0 Å². The van der Waals surface area contributed by atoms with Crippen LogP contribution in [0.4, 0.5) is 11.6 Å². The van der Waals surface area contributed by atoms with Gasteiger partial charge in [0.15, 0.2) is 0 Å². The molecule has 2 aromatic heterocycles. The predicted octanol–water partition coefficient (Wildman–Crippen LogP) is 2.96. The fourth-order valence-corrected chi connectivity index (χ4v) is 3.57. The van der Waals surface area contributed by atoms with Gasteiger partial charge in [-0.25, -0.2) is 9.97 Å². The van der Waals surface area contributed by atoms with Gasteiger partial charge in [-0.2, -0.15) is 0 Å². The van der Waals surface area contributed by atoms with Gasteiger partial charge in [-0.1, -0.05) is 0 Å². The fourth-order valence-electron chi connectivity index (χ4n) is 3.57. The molecule has 0 spiro atoms. The monoisotopic (exact) mass is 369 g/mol. The lowest BCUT2D eigenvalue weighted by Crippen LogP contribution is -2.36. The average Bonchev–Trinajstić information content (AvgIpc) is 3.35. The van der Waals surface area contributed by atoms with E-state index in [-0.39, 0.29) is 5.91 Å². The summed E-state index contributed by atoms with van der Waals surface area (Å²) < 4.78 is 5.24. The number of carbonyl (C=O) groups is 1. The first-order valence-corrected chi connectivity index (χ1v) is 9.89. The number of anilines is 2. The molecule has 2 aliphatic rings. The van der Waals surface area contributed by atoms with Crippen LogP contribution in [0.5, 0.6) is 0 Å². The highest BCUT2D eigenvalue weighted by Gasteiger charge is 2.24. The molecule has 4 rings (SSSR count). The molecule has 1 atom stereocenters. The Morgan fingerprint density at radius 2 is 2.22 bits per heavy atom. The summed E-state index contributed by atoms with van der Waals surface area (Å²) in [4.78, 5) is 23.2. The van der Waals surface area contributed by atoms with Crippen LogP contribution in [-0.4, -0.2) is 35.0 Å². The second-order valence-corrected chi connectivity index (χ2v) is 7.53. The number of furan rings is 1. The van der Waals surface area contributed by atoms with Crippen molar-refractivity contribution in [3.63, 3.8) is 0 Å². The average molecular weight is 369 g/mol. The van der Waals surface area contributed by atoms with Crippen LogP contribution in [0.1, 0.15) is 44.3 Å². The van der Waals surface area contributed by atoms with E-state index < -0.39 is 0 Å². The van der Waals surface area contributed by atoms with Crippen LogP contribution in [0.15, 0.2) is 35.2 Å². The largest absolute Gasteiger partial charge is 0.467 e. The van der Waals surface area contributed by atoms with Crippen molar-refractivity contribution in [1.82, 2.24) is 15.3 Å². The number of nitrogens with one attached hydrogen (secondary N) is 2. The van der Waals surface area contributed by atoms with E-state index in [1.54, 1.807) is 12.6 Å². The van der Waals surface area contributed by atoms with Crippen molar-refractivity contribution >= 4 is 17.5 Å². The normalized spacial score (nSPS) is 19.7. The first-order chi connectivity index (χ1) is 13.3. The second kappa shape index (κ2) is 8.41. The SMILES string of the molecule is O=C(CC[C@H]1CCCN(c2cc(NC3CC3)ncn2)C1)NCc1ccco1. The Hall–Kier alpha value is -2.57. The number of rotatable bonds is 8. The first-order valence-electron chi connectivity index (χ1n) is 9.89. The molecule has 2 N–H and O–H groups in total. The van der Waals surface area contributed by atoms with Crippen molar-refractivity contribution in [3.8, 4) is 0 Å². The molecule has 3 heterocycles. The summed E-state index contributed by atoms with van der Waals surface area (Å²) in [6.45, 7) is 2.42. The van der Waals surface area contributed by atoms with Crippen LogP contribution in [0, 0.1) is 5.92 Å². The Balaban J connectivity index is 1.24. The quantitative estimate of drug-likeness (QED) is 0.744. The summed E-state index contributed by atoms with van der Waals surface area (Å²) >= 11 is 0. The van der Waals surface area contributed by atoms with Gasteiger partial charge in [-0.05, 0) is 50.2 Å². The van der Waals surface area contributed by atoms with Crippen molar-refractivity contribution in [2.45, 2.75) is 51.1 Å². The summed E-state index contributed by atoms with van der Waals surface area (Å²) in [5.74, 6) is 3.29. The number of hydrogen-bond acceptors (Lipinski definition) is 6. The second-order valence-electron chi connectivity index (χ2n) is 7.53. The van der Waals surface area contributed by atoms with Crippen molar-refractivity contribution in [2.24, 2.45) is 5.92 Å². The Kier molecular flexibility index (Phi) is 5.55. The van der Waals surface area contributed by atoms with E-state index in [0.29, 0.717) is 24.9 Å². The van der Waals surface area contributed by atoms with Crippen molar-refractivity contribution in [1.29, 1.82) is 0 Å². The first kappa shape index (κ1) is 17.8. The molecule has 0 unspecified atom stereocenters. The smallest absolute Gasteiger partial charge is 0.220 e. The maximum atomic E-state index is 12.1. The van der Waals surface area contributed by atoms with Crippen molar-refractivity contribution in [3.05, 3.63) is 36.5 Å². The minimum atomic E-state index is 0.0847. The van der Waals surface area contributed by atoms with Gasteiger partial charge in [0.25, 0.3) is 0 Å². The van der Waals surface area contributed by atoms with Crippen LogP contribution < -0.4 is 15.5 Å². The molecular formula is C20H27N5O2. The molecule has 27 heavy (non-hydrogen) atoms. The Bertz CT molecular complexity index is 745. The molecule has 1 saturated carbocycles. The van der Waals surface area contributed by atoms with E-state index >= 15 is 0 Å². The van der Waals surface area contributed by atoms with Gasteiger partial charge >= 0.3 is 0 Å². The molecule has 1 aliphatic heterocycles. The summed E-state index contributed by atoms with van der Waals surface area (Å²) in [6.07, 6.45) is 9.48. The number of nitrogens with zero attached hydrogens (tertiary/aromatic N) is 3. The summed E-state index contributed by atoms with van der Waals surface area (Å²) in [6, 6.07) is 6.34. The molecule has 7 heteroatoms. The van der Waals surface area contributed by atoms with Crippen molar-refractivity contribution in [2.75, 3.05) is 23.3 Å². The summed E-state index contributed by atoms with van der Waals surface area (Å²) in [5, 5.41) is 6.36. The maximum absolute atomic E-state index is 12.1. The number of carbonyl (C=O) groups excluding carboxylic acids is 1. The van der Waals surface area contributed by atoms with Crippen molar-refractivity contribution < 1.29 is 9.21 Å². The van der Waals surface area contributed by atoms with Crippen LogP contribution >= 0.6 is 0 Å². The van der Waals surface area contributed by atoms with Gasteiger partial charge in [-0.3, -0.25) is 4.79 Å². The molecule has 7 nitrogen and oxygen atoms in total. The molecule has 2 aromatic rings. The zero-order chi connectivity index (χ0) is 18.5. The molecule has 144 valence electrons. The van der Waals surface area contributed by atoms with Gasteiger partial charge in [-0.15, -0.1) is 0 Å². The van der Waals surface area contributed by atoms with Gasteiger partial charge in [0.2, 0.25) is 5.91 Å². The van der Waals surface area contributed by atoms with Crippen LogP contribution in [0.25, 0.3) is 0 Å². The molecule has 1 aliphatic carbocycles. The Labute approximate surface area is 159 Å². The van der Waals surface area contributed by atoms with Gasteiger partial charge in [0.1, 0.15) is 23.7 Å². The van der Waals surface area contributed by atoms with Gasteiger partial charge in [0, 0.05) is 31.6 Å². The fraction of sp³-hybridized carbons (Fsp3) is 0.550. The van der Waals surface area contributed by atoms with E-state index in [9.17, 15) is 4.79 Å². The standard InChI is InChI=1S/C20H27N5O2/c26-20(21-12-17-4-2-10-27-17)8-5-15-3-1-9-25(13-15)19-11-18(22-14-23-19)24-16-6-7-16/h2,4,10-11,14-16H,1,3,5-9,12-13H2,(H,21,26)(H,22,23,24)/t15-/m1/s1. The minimum Gasteiger partial charge on any atom is -0.467 e. The lowest BCUT2D eigenvalue weighted by molar-refractivity contribution is -0.121. The number of piperidine rings is 1. The lowest BCUT2D eigenvalue weighted by atomic mass is 9.93. The zero-order valence-electron chi connectivity index (χ0n) is 15.6. The molecule has 0 aromatic carbocycles. The van der Waals surface area contributed by atoms with Gasteiger partial charge < -0.3 is 20.0 Å². The van der Waals surface area contributed by atoms with Crippen LogP contribution in [-0.2, 0) is 11.3 Å². The molecule has 0 radical (unpaired) electrons.